The molecule has 0 saturated carbocycles. The molecule has 15 heavy (non-hydrogen) atoms. The van der Waals surface area contributed by atoms with Crippen LogP contribution in [0.25, 0.3) is 0 Å². The molecule has 82 valence electrons. The summed E-state index contributed by atoms with van der Waals surface area (Å²) in [6.07, 6.45) is -2.43. The molecule has 0 aliphatic heterocycles. The van der Waals surface area contributed by atoms with Gasteiger partial charge >= 0.3 is 6.18 Å². The van der Waals surface area contributed by atoms with Gasteiger partial charge in [0, 0.05) is 20.3 Å². The first-order valence-electron chi connectivity index (χ1n) is 3.85. The van der Waals surface area contributed by atoms with Gasteiger partial charge in [0.25, 0.3) is 5.78 Å². The number of hydrogen-bond donors (Lipinski definition) is 0. The molecule has 0 unspecified atom stereocenters. The van der Waals surface area contributed by atoms with Crippen molar-refractivity contribution >= 4 is 5.78 Å². The Labute approximate surface area is 85.1 Å². The number of nitriles is 1. The van der Waals surface area contributed by atoms with Crippen molar-refractivity contribution in [3.8, 4) is 6.07 Å². The van der Waals surface area contributed by atoms with Crippen molar-refractivity contribution in [3.63, 3.8) is 0 Å². The van der Waals surface area contributed by atoms with Crippen LogP contribution in [0.15, 0.2) is 23.9 Å². The first-order valence-corrected chi connectivity index (χ1v) is 3.85. The molecule has 0 heterocycles. The lowest BCUT2D eigenvalue weighted by molar-refractivity contribution is -0.165. The summed E-state index contributed by atoms with van der Waals surface area (Å²) in [5.74, 6) is -1.98. The quantitative estimate of drug-likeness (QED) is 0.411. The smallest absolute Gasteiger partial charge is 0.382 e. The van der Waals surface area contributed by atoms with Gasteiger partial charge in [-0.25, -0.2) is 0 Å². The maximum Gasteiger partial charge on any atom is 0.454 e. The van der Waals surface area contributed by atoms with E-state index in [0.717, 1.165) is 6.08 Å². The van der Waals surface area contributed by atoms with E-state index in [1.165, 1.54) is 11.1 Å². The van der Waals surface area contributed by atoms with Crippen molar-refractivity contribution in [1.29, 1.82) is 5.26 Å². The standard InChI is InChI=1S/C9H9F3N2O/c1-14(2)6-7(5-13)3-4-8(15)9(10,11)12/h3-4,6H,1-2H3/b4-3-,7-6+. The van der Waals surface area contributed by atoms with Gasteiger partial charge in [0.05, 0.1) is 5.57 Å². The fourth-order valence-electron chi connectivity index (χ4n) is 0.647. The van der Waals surface area contributed by atoms with Gasteiger partial charge in [0.1, 0.15) is 6.07 Å². The molecule has 0 aliphatic rings. The number of hydrogen-bond acceptors (Lipinski definition) is 3. The first kappa shape index (κ1) is 13.2. The van der Waals surface area contributed by atoms with E-state index in [1.807, 2.05) is 0 Å². The summed E-state index contributed by atoms with van der Waals surface area (Å²) in [5.41, 5.74) is -0.0300. The SMILES string of the molecule is CN(C)/C=C(C#N)\C=C/C(=O)C(F)(F)F. The minimum atomic E-state index is -4.89. The maximum absolute atomic E-state index is 11.8. The zero-order valence-electron chi connectivity index (χ0n) is 8.17. The molecule has 0 aromatic rings. The number of rotatable bonds is 3. The van der Waals surface area contributed by atoms with E-state index in [4.69, 9.17) is 5.26 Å². The molecule has 6 heteroatoms. The third-order valence-corrected chi connectivity index (χ3v) is 1.22. The maximum atomic E-state index is 11.8. The predicted octanol–water partition coefficient (Wildman–Crippen LogP) is 1.64. The van der Waals surface area contributed by atoms with E-state index in [2.05, 4.69) is 0 Å². The lowest BCUT2D eigenvalue weighted by Crippen LogP contribution is -2.19. The number of nitrogens with zero attached hydrogens (tertiary/aromatic N) is 2. The molecule has 0 saturated heterocycles. The van der Waals surface area contributed by atoms with Crippen molar-refractivity contribution in [2.75, 3.05) is 14.1 Å². The summed E-state index contributed by atoms with van der Waals surface area (Å²) in [6, 6.07) is 1.65. The summed E-state index contributed by atoms with van der Waals surface area (Å²) in [6.45, 7) is 0. The van der Waals surface area contributed by atoms with Crippen LogP contribution < -0.4 is 0 Å². The van der Waals surface area contributed by atoms with Crippen LogP contribution in [-0.2, 0) is 4.79 Å². The Morgan fingerprint density at radius 2 is 1.87 bits per heavy atom. The molecule has 0 aromatic heterocycles. The molecule has 3 nitrogen and oxygen atoms in total. The third kappa shape index (κ3) is 5.52. The van der Waals surface area contributed by atoms with Crippen molar-refractivity contribution in [2.45, 2.75) is 6.18 Å². The van der Waals surface area contributed by atoms with Gasteiger partial charge in [-0.2, -0.15) is 18.4 Å². The Morgan fingerprint density at radius 1 is 1.33 bits per heavy atom. The van der Waals surface area contributed by atoms with Crippen molar-refractivity contribution in [1.82, 2.24) is 4.90 Å². The zero-order chi connectivity index (χ0) is 12.1. The van der Waals surface area contributed by atoms with Crippen molar-refractivity contribution in [2.24, 2.45) is 0 Å². The minimum absolute atomic E-state index is 0.0300. The Balaban J connectivity index is 4.67. The number of ketones is 1. The molecule has 0 amide bonds. The van der Waals surface area contributed by atoms with Crippen LogP contribution >= 0.6 is 0 Å². The summed E-state index contributed by atoms with van der Waals surface area (Å²) in [7, 11) is 3.22. The summed E-state index contributed by atoms with van der Waals surface area (Å²) in [5, 5.41) is 8.50. The van der Waals surface area contributed by atoms with E-state index >= 15 is 0 Å². The molecule has 0 aliphatic carbocycles. The van der Waals surface area contributed by atoms with Gasteiger partial charge in [0.2, 0.25) is 0 Å². The summed E-state index contributed by atoms with van der Waals surface area (Å²) < 4.78 is 35.3. The number of carbonyl (C=O) groups is 1. The number of carbonyl (C=O) groups excluding carboxylic acids is 1. The second-order valence-electron chi connectivity index (χ2n) is 2.86. The van der Waals surface area contributed by atoms with Gasteiger partial charge in [-0.05, 0) is 12.2 Å². The Morgan fingerprint density at radius 3 is 2.20 bits per heavy atom. The predicted molar refractivity (Wildman–Crippen MR) is 47.6 cm³/mol. The summed E-state index contributed by atoms with van der Waals surface area (Å²) in [4.78, 5) is 11.9. The van der Waals surface area contributed by atoms with Crippen LogP contribution in [0.3, 0.4) is 0 Å². The van der Waals surface area contributed by atoms with Crippen LogP contribution in [0, 0.1) is 11.3 Å². The Hall–Kier alpha value is -1.77. The van der Waals surface area contributed by atoms with E-state index in [0.29, 0.717) is 6.08 Å². The van der Waals surface area contributed by atoms with Gasteiger partial charge in [-0.15, -0.1) is 0 Å². The second-order valence-corrected chi connectivity index (χ2v) is 2.86. The lowest BCUT2D eigenvalue weighted by Gasteiger charge is -2.03. The lowest BCUT2D eigenvalue weighted by atomic mass is 10.2. The van der Waals surface area contributed by atoms with Gasteiger partial charge in [0.15, 0.2) is 0 Å². The van der Waals surface area contributed by atoms with Gasteiger partial charge < -0.3 is 4.90 Å². The molecule has 0 spiro atoms. The number of halogens is 3. The average molecular weight is 218 g/mol. The molecule has 0 bridgehead atoms. The third-order valence-electron chi connectivity index (χ3n) is 1.22. The molecule has 0 N–H and O–H groups in total. The largest absolute Gasteiger partial charge is 0.454 e. The fraction of sp³-hybridized carbons (Fsp3) is 0.333. The molecule has 0 radical (unpaired) electrons. The van der Waals surface area contributed by atoms with Crippen LogP contribution in [0.2, 0.25) is 0 Å². The Bertz CT molecular complexity index is 334. The molecular weight excluding hydrogens is 209 g/mol. The second kappa shape index (κ2) is 5.20. The molecule has 0 fully saturated rings. The first-order chi connectivity index (χ1) is 6.77. The average Bonchev–Trinajstić information content (AvgIpc) is 2.09. The van der Waals surface area contributed by atoms with Crippen LogP contribution in [0.5, 0.6) is 0 Å². The van der Waals surface area contributed by atoms with E-state index in [1.54, 1.807) is 20.2 Å². The van der Waals surface area contributed by atoms with Crippen LogP contribution in [0.4, 0.5) is 13.2 Å². The molecule has 0 atom stereocenters. The number of alkyl halides is 3. The molecule has 0 rings (SSSR count). The minimum Gasteiger partial charge on any atom is -0.382 e. The van der Waals surface area contributed by atoms with Crippen LogP contribution in [0.1, 0.15) is 0 Å². The highest BCUT2D eigenvalue weighted by Gasteiger charge is 2.35. The highest BCUT2D eigenvalue weighted by Crippen LogP contribution is 2.16. The number of allylic oxidation sites excluding steroid dienone is 3. The summed E-state index contributed by atoms with van der Waals surface area (Å²) >= 11 is 0. The van der Waals surface area contributed by atoms with E-state index in [9.17, 15) is 18.0 Å². The van der Waals surface area contributed by atoms with Crippen LogP contribution in [-0.4, -0.2) is 31.0 Å². The molecular formula is C9H9F3N2O. The van der Waals surface area contributed by atoms with E-state index in [-0.39, 0.29) is 5.57 Å². The van der Waals surface area contributed by atoms with Gasteiger partial charge in [-0.3, -0.25) is 4.79 Å². The zero-order valence-corrected chi connectivity index (χ0v) is 8.17. The topological polar surface area (TPSA) is 44.1 Å². The van der Waals surface area contributed by atoms with Gasteiger partial charge in [-0.1, -0.05) is 0 Å². The van der Waals surface area contributed by atoms with Crippen molar-refractivity contribution in [3.05, 3.63) is 23.9 Å². The van der Waals surface area contributed by atoms with E-state index < -0.39 is 12.0 Å². The molecule has 0 aromatic carbocycles. The normalized spacial score (nSPS) is 12.7. The monoisotopic (exact) mass is 218 g/mol. The Kier molecular flexibility index (Phi) is 4.58. The highest BCUT2D eigenvalue weighted by atomic mass is 19.4. The fourth-order valence-corrected chi connectivity index (χ4v) is 0.647. The highest BCUT2D eigenvalue weighted by molar-refractivity contribution is 5.94. The van der Waals surface area contributed by atoms with Crippen molar-refractivity contribution < 1.29 is 18.0 Å².